The quantitative estimate of drug-likeness (QED) is 0.146. The topological polar surface area (TPSA) is 33.6 Å². The van der Waals surface area contributed by atoms with Crippen molar-refractivity contribution in [2.45, 2.75) is 67.0 Å². The molecule has 10 aromatic carbocycles. The molecule has 0 fully saturated rings. The van der Waals surface area contributed by atoms with Crippen LogP contribution in [-0.2, 0) is 18.5 Å². The lowest BCUT2D eigenvalue weighted by atomic mass is 9.94. The van der Waals surface area contributed by atoms with E-state index in [-0.39, 0.29) is 11.1 Å². The molecule has 12 aromatic rings. The Hall–Kier alpha value is -9.34. The van der Waals surface area contributed by atoms with Crippen LogP contribution in [0.25, 0.3) is 111 Å². The van der Waals surface area contributed by atoms with E-state index in [4.69, 9.17) is 0 Å². The fourth-order valence-corrected chi connectivity index (χ4v) is 12.3. The summed E-state index contributed by atoms with van der Waals surface area (Å²) in [6.45, 7) is 12.9. The molecule has 0 unspecified atom stereocenters. The Morgan fingerprint density at radius 1 is 0.325 bits per heavy atom. The van der Waals surface area contributed by atoms with Gasteiger partial charge in [0.2, 0.25) is 0 Å². The minimum absolute atomic E-state index is 0.0118. The number of alkyl halides is 9. The molecule has 0 saturated heterocycles. The Labute approximate surface area is 472 Å². The highest BCUT2D eigenvalue weighted by Crippen LogP contribution is 2.48. The normalized spacial score (nSPS) is 12.3. The van der Waals surface area contributed by atoms with Crippen LogP contribution in [0.5, 0.6) is 0 Å². The molecule has 3 nitrogen and oxygen atoms in total. The maximum Gasteiger partial charge on any atom is 0.417 e. The second kappa shape index (κ2) is 19.7. The second-order valence-corrected chi connectivity index (χ2v) is 21.9. The molecule has 0 aliphatic rings. The zero-order valence-electron chi connectivity index (χ0n) is 46.0. The van der Waals surface area contributed by atoms with E-state index in [0.717, 1.165) is 90.8 Å². The monoisotopic (exact) mass is 1120 g/mol. The average molecular weight is 1120 g/mol. The van der Waals surface area contributed by atoms with Crippen molar-refractivity contribution in [2.24, 2.45) is 0 Å². The Morgan fingerprint density at radius 3 is 1.05 bits per heavy atom. The van der Waals surface area contributed by atoms with Gasteiger partial charge in [0.25, 0.3) is 0 Å². The van der Waals surface area contributed by atoms with Gasteiger partial charge < -0.3 is 9.13 Å². The third kappa shape index (κ3) is 9.57. The van der Waals surface area contributed by atoms with E-state index in [2.05, 4.69) is 24.3 Å². The number of halogens is 9. The number of hydrogen-bond acceptors (Lipinski definition) is 1. The van der Waals surface area contributed by atoms with E-state index in [0.29, 0.717) is 83.5 Å². The van der Waals surface area contributed by atoms with Crippen molar-refractivity contribution >= 4 is 43.6 Å². The molecule has 2 heterocycles. The van der Waals surface area contributed by atoms with Gasteiger partial charge >= 0.3 is 18.5 Å². The van der Waals surface area contributed by atoms with Gasteiger partial charge in [-0.05, 0) is 182 Å². The van der Waals surface area contributed by atoms with Crippen LogP contribution in [0, 0.1) is 59.8 Å². The number of rotatable bonds is 7. The third-order valence-electron chi connectivity index (χ3n) is 16.0. The first-order valence-corrected chi connectivity index (χ1v) is 26.8. The molecule has 83 heavy (non-hydrogen) atoms. The molecule has 412 valence electrons. The summed E-state index contributed by atoms with van der Waals surface area (Å²) in [6, 6.07) is 52.6. The molecule has 0 atom stereocenters. The predicted octanol–water partition coefficient (Wildman–Crippen LogP) is 21.3. The van der Waals surface area contributed by atoms with Crippen molar-refractivity contribution in [3.63, 3.8) is 0 Å². The zero-order valence-corrected chi connectivity index (χ0v) is 46.0. The second-order valence-electron chi connectivity index (χ2n) is 21.9. The Morgan fingerprint density at radius 2 is 0.687 bits per heavy atom. The van der Waals surface area contributed by atoms with Crippen molar-refractivity contribution in [2.75, 3.05) is 0 Å². The molecule has 2 aromatic heterocycles. The standard InChI is InChI=1S/C71H50F9N3/c1-38-8-16-53(42(5)25-38)46-10-18-59-60-21-13-49(56-17-9-39(2)28-61(56)71(78,79)80)36-65(60)83(62(59)33-46)67-32-45(37-81)31-66(68(67)50-26-40(3)24-41(4)27-50)82-63-34-47(54-22-14-51(29-43(54)6)69(72,73)74)11-19-57(63)58-20-12-48(35-64(58)82)55-23-15-52(30-44(55)7)70(75,76)77/h8-36H,1-7H3. The number of nitriles is 1. The molecule has 0 bridgehead atoms. The molecule has 12 heteroatoms. The maximum atomic E-state index is 15.1. The highest BCUT2D eigenvalue weighted by atomic mass is 19.4. The minimum atomic E-state index is -4.69. The molecule has 12 rings (SSSR count). The Kier molecular flexibility index (Phi) is 12.9. The van der Waals surface area contributed by atoms with Crippen LogP contribution >= 0.6 is 0 Å². The van der Waals surface area contributed by atoms with E-state index < -0.39 is 35.2 Å². The predicted molar refractivity (Wildman–Crippen MR) is 315 cm³/mol. The zero-order chi connectivity index (χ0) is 58.8. The van der Waals surface area contributed by atoms with E-state index in [9.17, 15) is 31.6 Å². The first kappa shape index (κ1) is 54.3. The fraction of sp³-hybridized carbons (Fsp3) is 0.141. The molecule has 0 aliphatic carbocycles. The number of hydrogen-bond donors (Lipinski definition) is 0. The summed E-state index contributed by atoms with van der Waals surface area (Å²) in [6.07, 6.45) is -13.8. The van der Waals surface area contributed by atoms with Gasteiger partial charge in [-0.3, -0.25) is 0 Å². The first-order valence-electron chi connectivity index (χ1n) is 26.8. The van der Waals surface area contributed by atoms with E-state index in [1.165, 1.54) is 18.2 Å². The van der Waals surface area contributed by atoms with Gasteiger partial charge in [0, 0.05) is 27.1 Å². The fourth-order valence-electron chi connectivity index (χ4n) is 12.3. The molecular weight excluding hydrogens is 1070 g/mol. The van der Waals surface area contributed by atoms with Crippen molar-refractivity contribution in [3.8, 4) is 73.1 Å². The largest absolute Gasteiger partial charge is 0.417 e. The van der Waals surface area contributed by atoms with Crippen LogP contribution in [0.15, 0.2) is 176 Å². The van der Waals surface area contributed by atoms with E-state index in [1.54, 1.807) is 51.1 Å². The average Bonchev–Trinajstić information content (AvgIpc) is 1.78. The van der Waals surface area contributed by atoms with Crippen LogP contribution < -0.4 is 0 Å². The number of benzene rings is 10. The summed E-state index contributed by atoms with van der Waals surface area (Å²) in [5.74, 6) is 0. The minimum Gasteiger partial charge on any atom is -0.308 e. The van der Waals surface area contributed by atoms with Gasteiger partial charge in [0.15, 0.2) is 0 Å². The highest BCUT2D eigenvalue weighted by Gasteiger charge is 2.35. The number of nitrogens with zero attached hydrogens (tertiary/aromatic N) is 3. The number of aryl methyl sites for hydroxylation is 7. The molecule has 0 spiro atoms. The summed E-state index contributed by atoms with van der Waals surface area (Å²) >= 11 is 0. The van der Waals surface area contributed by atoms with Crippen molar-refractivity contribution in [1.82, 2.24) is 9.13 Å². The van der Waals surface area contributed by atoms with E-state index in [1.807, 2.05) is 116 Å². The van der Waals surface area contributed by atoms with E-state index >= 15 is 13.2 Å². The SMILES string of the molecule is Cc1cc(C)cc(-c2c(-n3c4cc(-c5ccc(C(F)(F)F)cc5C)ccc4c4ccc(-c5ccc(C(F)(F)F)cc5C)cc43)cc(C#N)cc2-n2c3cc(-c4ccc(C)cc4C)ccc3c3ccc(-c4ccc(C)cc4C(F)(F)F)cc32)c1. The molecule has 0 N–H and O–H groups in total. The van der Waals surface area contributed by atoms with Crippen LogP contribution in [0.1, 0.15) is 61.2 Å². The van der Waals surface area contributed by atoms with Crippen LogP contribution in [0.3, 0.4) is 0 Å². The molecule has 0 amide bonds. The highest BCUT2D eigenvalue weighted by molar-refractivity contribution is 6.14. The lowest BCUT2D eigenvalue weighted by Gasteiger charge is -2.22. The smallest absolute Gasteiger partial charge is 0.308 e. The first-order chi connectivity index (χ1) is 39.3. The third-order valence-corrected chi connectivity index (χ3v) is 16.0. The molecule has 0 radical (unpaired) electrons. The van der Waals surface area contributed by atoms with Gasteiger partial charge in [-0.25, -0.2) is 0 Å². The maximum absolute atomic E-state index is 15.1. The summed E-state index contributed by atoms with van der Waals surface area (Å²) < 4.78 is 134. The summed E-state index contributed by atoms with van der Waals surface area (Å²) in [5.41, 5.74) is 12.2. The lowest BCUT2D eigenvalue weighted by Crippen LogP contribution is -2.08. The van der Waals surface area contributed by atoms with Crippen LogP contribution in [-0.4, -0.2) is 9.13 Å². The van der Waals surface area contributed by atoms with Gasteiger partial charge in [0.05, 0.1) is 61.8 Å². The molecule has 0 saturated carbocycles. The Bertz CT molecular complexity index is 4590. The van der Waals surface area contributed by atoms with Crippen molar-refractivity contribution in [3.05, 3.63) is 237 Å². The van der Waals surface area contributed by atoms with Crippen molar-refractivity contribution in [1.29, 1.82) is 5.26 Å². The van der Waals surface area contributed by atoms with Gasteiger partial charge in [-0.1, -0.05) is 131 Å². The molecular formula is C71H50F9N3. The Balaban J connectivity index is 1.25. The van der Waals surface area contributed by atoms with Crippen LogP contribution in [0.2, 0.25) is 0 Å². The van der Waals surface area contributed by atoms with Gasteiger partial charge in [0.1, 0.15) is 0 Å². The lowest BCUT2D eigenvalue weighted by molar-refractivity contribution is -0.138. The van der Waals surface area contributed by atoms with Crippen LogP contribution in [0.4, 0.5) is 39.5 Å². The van der Waals surface area contributed by atoms with Gasteiger partial charge in [-0.15, -0.1) is 0 Å². The van der Waals surface area contributed by atoms with Crippen molar-refractivity contribution < 1.29 is 39.5 Å². The van der Waals surface area contributed by atoms with Gasteiger partial charge in [-0.2, -0.15) is 44.8 Å². The summed E-state index contributed by atoms with van der Waals surface area (Å²) in [7, 11) is 0. The summed E-state index contributed by atoms with van der Waals surface area (Å²) in [5, 5.41) is 14.3. The molecule has 0 aliphatic heterocycles. The summed E-state index contributed by atoms with van der Waals surface area (Å²) in [4.78, 5) is 0. The number of fused-ring (bicyclic) bond motifs is 6. The number of aromatic nitrogens is 2.